The minimum absolute atomic E-state index is 0.0208. The van der Waals surface area contributed by atoms with Gasteiger partial charge >= 0.3 is 0 Å². The predicted octanol–water partition coefficient (Wildman–Crippen LogP) is 3.41. The maximum atomic E-state index is 11.9. The van der Waals surface area contributed by atoms with E-state index in [1.165, 1.54) is 19.3 Å². The van der Waals surface area contributed by atoms with Crippen LogP contribution in [-0.2, 0) is 4.79 Å². The molecule has 1 N–H and O–H groups in total. The van der Waals surface area contributed by atoms with Crippen LogP contribution in [0.1, 0.15) is 32.6 Å². The molecule has 19 heavy (non-hydrogen) atoms. The van der Waals surface area contributed by atoms with Crippen molar-refractivity contribution in [2.75, 3.05) is 6.61 Å². The molecule has 0 aliphatic heterocycles. The Labute approximate surface area is 119 Å². The summed E-state index contributed by atoms with van der Waals surface area (Å²) in [6, 6.07) is 7.47. The maximum absolute atomic E-state index is 11.9. The average molecular weight is 282 g/mol. The predicted molar refractivity (Wildman–Crippen MR) is 76.5 cm³/mol. The fourth-order valence-corrected chi connectivity index (χ4v) is 2.67. The van der Waals surface area contributed by atoms with Gasteiger partial charge in [0.2, 0.25) is 0 Å². The number of rotatable bonds is 4. The van der Waals surface area contributed by atoms with Crippen LogP contribution in [0, 0.1) is 5.92 Å². The Morgan fingerprint density at radius 1 is 1.37 bits per heavy atom. The molecular weight excluding hydrogens is 262 g/mol. The van der Waals surface area contributed by atoms with Gasteiger partial charge in [-0.1, -0.05) is 43.5 Å². The Morgan fingerprint density at radius 3 is 2.84 bits per heavy atom. The highest BCUT2D eigenvalue weighted by atomic mass is 35.5. The molecule has 104 valence electrons. The maximum Gasteiger partial charge on any atom is 0.258 e. The van der Waals surface area contributed by atoms with Crippen molar-refractivity contribution in [3.8, 4) is 5.75 Å². The molecule has 0 aromatic heterocycles. The lowest BCUT2D eigenvalue weighted by Crippen LogP contribution is -2.43. The first kappa shape index (κ1) is 14.2. The summed E-state index contributed by atoms with van der Waals surface area (Å²) in [5.74, 6) is 1.03. The number of halogens is 1. The number of nitrogens with one attached hydrogen (secondary N) is 1. The largest absolute Gasteiger partial charge is 0.482 e. The fourth-order valence-electron chi connectivity index (χ4n) is 2.48. The van der Waals surface area contributed by atoms with Gasteiger partial charge in [0.05, 0.1) is 5.02 Å². The summed E-state index contributed by atoms with van der Waals surface area (Å²) in [6.45, 7) is 2.21. The van der Waals surface area contributed by atoms with Crippen molar-refractivity contribution < 1.29 is 9.53 Å². The van der Waals surface area contributed by atoms with E-state index in [4.69, 9.17) is 16.3 Å². The number of amides is 1. The van der Waals surface area contributed by atoms with E-state index in [2.05, 4.69) is 12.2 Å². The Hall–Kier alpha value is -1.22. The molecule has 0 spiro atoms. The highest BCUT2D eigenvalue weighted by molar-refractivity contribution is 6.32. The van der Waals surface area contributed by atoms with Crippen LogP contribution in [0.5, 0.6) is 5.75 Å². The van der Waals surface area contributed by atoms with E-state index >= 15 is 0 Å². The van der Waals surface area contributed by atoms with Gasteiger partial charge in [0.25, 0.3) is 5.91 Å². The molecular formula is C15H20ClNO2. The van der Waals surface area contributed by atoms with Gasteiger partial charge < -0.3 is 10.1 Å². The Kier molecular flexibility index (Phi) is 5.08. The van der Waals surface area contributed by atoms with Crippen LogP contribution in [0.15, 0.2) is 24.3 Å². The fraction of sp³-hybridized carbons (Fsp3) is 0.533. The van der Waals surface area contributed by atoms with Crippen LogP contribution in [0.4, 0.5) is 0 Å². The van der Waals surface area contributed by atoms with Gasteiger partial charge in [-0.15, -0.1) is 0 Å². The molecule has 1 amide bonds. The molecule has 0 radical (unpaired) electrons. The van der Waals surface area contributed by atoms with Crippen LogP contribution in [0.25, 0.3) is 0 Å². The van der Waals surface area contributed by atoms with Crippen LogP contribution < -0.4 is 10.1 Å². The van der Waals surface area contributed by atoms with Gasteiger partial charge in [0.1, 0.15) is 5.75 Å². The first-order valence-electron chi connectivity index (χ1n) is 6.83. The van der Waals surface area contributed by atoms with Crippen molar-refractivity contribution in [2.45, 2.75) is 38.6 Å². The number of ether oxygens (including phenoxy) is 1. The van der Waals surface area contributed by atoms with Gasteiger partial charge in [-0.3, -0.25) is 4.79 Å². The van der Waals surface area contributed by atoms with E-state index in [0.29, 0.717) is 16.7 Å². The normalized spacial score (nSPS) is 22.8. The molecule has 1 fully saturated rings. The second-order valence-corrected chi connectivity index (χ2v) is 5.56. The van der Waals surface area contributed by atoms with Crippen molar-refractivity contribution in [2.24, 2.45) is 5.92 Å². The Morgan fingerprint density at radius 2 is 2.11 bits per heavy atom. The smallest absolute Gasteiger partial charge is 0.258 e. The molecule has 2 atom stereocenters. The molecule has 0 heterocycles. The van der Waals surface area contributed by atoms with Crippen molar-refractivity contribution in [1.82, 2.24) is 5.32 Å². The number of carbonyl (C=O) groups excluding carboxylic acids is 1. The molecule has 4 heteroatoms. The quantitative estimate of drug-likeness (QED) is 0.918. The summed E-state index contributed by atoms with van der Waals surface area (Å²) in [6.07, 6.45) is 4.72. The topological polar surface area (TPSA) is 38.3 Å². The number of para-hydroxylation sites is 1. The number of benzene rings is 1. The van der Waals surface area contributed by atoms with E-state index in [-0.39, 0.29) is 18.6 Å². The van der Waals surface area contributed by atoms with Gasteiger partial charge in [-0.2, -0.15) is 0 Å². The summed E-state index contributed by atoms with van der Waals surface area (Å²) in [7, 11) is 0. The molecule has 1 aromatic carbocycles. The van der Waals surface area contributed by atoms with Gasteiger partial charge in [0, 0.05) is 6.04 Å². The monoisotopic (exact) mass is 281 g/mol. The van der Waals surface area contributed by atoms with Gasteiger partial charge in [-0.05, 0) is 30.9 Å². The lowest BCUT2D eigenvalue weighted by molar-refractivity contribution is -0.124. The van der Waals surface area contributed by atoms with Crippen LogP contribution >= 0.6 is 11.6 Å². The lowest BCUT2D eigenvalue weighted by atomic mass is 9.86. The third kappa shape index (κ3) is 4.13. The van der Waals surface area contributed by atoms with Gasteiger partial charge in [0.15, 0.2) is 6.61 Å². The zero-order chi connectivity index (χ0) is 13.7. The van der Waals surface area contributed by atoms with E-state index in [1.807, 2.05) is 12.1 Å². The highest BCUT2D eigenvalue weighted by Crippen LogP contribution is 2.24. The molecule has 2 rings (SSSR count). The molecule has 1 aliphatic rings. The first-order valence-corrected chi connectivity index (χ1v) is 7.21. The summed E-state index contributed by atoms with van der Waals surface area (Å²) in [4.78, 5) is 11.9. The summed E-state index contributed by atoms with van der Waals surface area (Å²) >= 11 is 5.97. The lowest BCUT2D eigenvalue weighted by Gasteiger charge is -2.29. The van der Waals surface area contributed by atoms with Crippen molar-refractivity contribution in [3.63, 3.8) is 0 Å². The molecule has 1 aromatic rings. The highest BCUT2D eigenvalue weighted by Gasteiger charge is 2.22. The van der Waals surface area contributed by atoms with Crippen molar-refractivity contribution in [3.05, 3.63) is 29.3 Å². The summed E-state index contributed by atoms with van der Waals surface area (Å²) < 4.78 is 5.43. The molecule has 3 nitrogen and oxygen atoms in total. The average Bonchev–Trinajstić information content (AvgIpc) is 2.40. The zero-order valence-electron chi connectivity index (χ0n) is 11.2. The second-order valence-electron chi connectivity index (χ2n) is 5.15. The molecule has 0 saturated heterocycles. The summed E-state index contributed by atoms with van der Waals surface area (Å²) in [5.41, 5.74) is 0. The van der Waals surface area contributed by atoms with E-state index in [1.54, 1.807) is 12.1 Å². The minimum atomic E-state index is -0.0707. The number of hydrogen-bond acceptors (Lipinski definition) is 2. The van der Waals surface area contributed by atoms with Gasteiger partial charge in [-0.25, -0.2) is 0 Å². The third-order valence-corrected chi connectivity index (χ3v) is 3.97. The molecule has 1 saturated carbocycles. The summed E-state index contributed by atoms with van der Waals surface area (Å²) in [5, 5.41) is 3.58. The van der Waals surface area contributed by atoms with Crippen LogP contribution in [0.3, 0.4) is 0 Å². The van der Waals surface area contributed by atoms with Crippen LogP contribution in [-0.4, -0.2) is 18.6 Å². The molecule has 1 aliphatic carbocycles. The van der Waals surface area contributed by atoms with Crippen LogP contribution in [0.2, 0.25) is 5.02 Å². The van der Waals surface area contributed by atoms with E-state index in [0.717, 1.165) is 6.42 Å². The second kappa shape index (κ2) is 6.80. The van der Waals surface area contributed by atoms with E-state index < -0.39 is 0 Å². The molecule has 2 unspecified atom stereocenters. The number of hydrogen-bond donors (Lipinski definition) is 1. The SMILES string of the molecule is CC1CCCCC1NC(=O)COc1ccccc1Cl. The van der Waals surface area contributed by atoms with Crippen molar-refractivity contribution in [1.29, 1.82) is 0 Å². The first-order chi connectivity index (χ1) is 9.16. The van der Waals surface area contributed by atoms with E-state index in [9.17, 15) is 4.79 Å². The minimum Gasteiger partial charge on any atom is -0.482 e. The number of carbonyl (C=O) groups is 1. The standard InChI is InChI=1S/C15H20ClNO2/c1-11-6-2-4-8-13(11)17-15(18)10-19-14-9-5-3-7-12(14)16/h3,5,7,9,11,13H,2,4,6,8,10H2,1H3,(H,17,18). The molecule has 0 bridgehead atoms. The van der Waals surface area contributed by atoms with Crippen molar-refractivity contribution >= 4 is 17.5 Å². The third-order valence-electron chi connectivity index (χ3n) is 3.65. The Bertz CT molecular complexity index is 436. The zero-order valence-corrected chi connectivity index (χ0v) is 12.0. The Balaban J connectivity index is 1.80.